The van der Waals surface area contributed by atoms with Gasteiger partial charge in [0.1, 0.15) is 11.5 Å². The second kappa shape index (κ2) is 7.82. The third-order valence-corrected chi connectivity index (χ3v) is 3.98. The molecule has 0 saturated carbocycles. The van der Waals surface area contributed by atoms with Crippen LogP contribution in [0.4, 0.5) is 0 Å². The summed E-state index contributed by atoms with van der Waals surface area (Å²) in [6.07, 6.45) is 0.491. The van der Waals surface area contributed by atoms with Crippen LogP contribution in [0.25, 0.3) is 11.4 Å². The second-order valence-corrected chi connectivity index (χ2v) is 5.94. The van der Waals surface area contributed by atoms with Gasteiger partial charge in [0.25, 0.3) is 0 Å². The fourth-order valence-electron chi connectivity index (χ4n) is 2.55. The van der Waals surface area contributed by atoms with E-state index >= 15 is 0 Å². The molecule has 3 rings (SSSR count). The Morgan fingerprint density at radius 2 is 1.77 bits per heavy atom. The van der Waals surface area contributed by atoms with Gasteiger partial charge >= 0.3 is 5.97 Å². The van der Waals surface area contributed by atoms with Crippen molar-refractivity contribution in [2.24, 2.45) is 0 Å². The highest BCUT2D eigenvalue weighted by Gasteiger charge is 2.14. The number of benzene rings is 2. The number of ether oxygens (including phenoxy) is 2. The van der Waals surface area contributed by atoms with Crippen molar-refractivity contribution < 1.29 is 18.8 Å². The summed E-state index contributed by atoms with van der Waals surface area (Å²) in [4.78, 5) is 16.4. The number of para-hydroxylation sites is 1. The Kier molecular flexibility index (Phi) is 5.31. The van der Waals surface area contributed by atoms with E-state index in [4.69, 9.17) is 14.0 Å². The van der Waals surface area contributed by atoms with E-state index in [1.54, 1.807) is 7.11 Å². The van der Waals surface area contributed by atoms with Gasteiger partial charge in [-0.25, -0.2) is 0 Å². The van der Waals surface area contributed by atoms with Gasteiger partial charge in [0.05, 0.1) is 13.5 Å². The molecule has 1 heterocycles. The van der Waals surface area contributed by atoms with Crippen molar-refractivity contribution in [2.45, 2.75) is 26.7 Å². The Hall–Kier alpha value is -3.15. The molecular formula is C20H20N2O4. The average Bonchev–Trinajstić information content (AvgIpc) is 3.12. The first-order valence-corrected chi connectivity index (χ1v) is 8.30. The number of aromatic nitrogens is 2. The van der Waals surface area contributed by atoms with Crippen LogP contribution in [-0.2, 0) is 11.2 Å². The predicted molar refractivity (Wildman–Crippen MR) is 96.2 cm³/mol. The highest BCUT2D eigenvalue weighted by atomic mass is 16.5. The van der Waals surface area contributed by atoms with Crippen LogP contribution in [0, 0.1) is 13.8 Å². The highest BCUT2D eigenvalue weighted by Crippen LogP contribution is 2.23. The van der Waals surface area contributed by atoms with Gasteiger partial charge in [-0.05, 0) is 49.2 Å². The van der Waals surface area contributed by atoms with Crippen molar-refractivity contribution in [3.05, 3.63) is 59.5 Å². The zero-order valence-corrected chi connectivity index (χ0v) is 15.0. The average molecular weight is 352 g/mol. The van der Waals surface area contributed by atoms with Crippen LogP contribution in [0.2, 0.25) is 0 Å². The number of methoxy groups -OCH3 is 1. The van der Waals surface area contributed by atoms with Gasteiger partial charge in [0, 0.05) is 12.0 Å². The van der Waals surface area contributed by atoms with E-state index < -0.39 is 0 Å². The van der Waals surface area contributed by atoms with Gasteiger partial charge in [-0.1, -0.05) is 23.4 Å². The first kappa shape index (κ1) is 17.7. The summed E-state index contributed by atoms with van der Waals surface area (Å²) < 4.78 is 15.8. The fourth-order valence-corrected chi connectivity index (χ4v) is 2.55. The Labute approximate surface area is 151 Å². The molecule has 0 bridgehead atoms. The van der Waals surface area contributed by atoms with E-state index in [1.165, 1.54) is 0 Å². The molecule has 0 saturated heterocycles. The molecule has 0 N–H and O–H groups in total. The van der Waals surface area contributed by atoms with Crippen molar-refractivity contribution in [3.8, 4) is 22.9 Å². The third kappa shape index (κ3) is 4.08. The maximum Gasteiger partial charge on any atom is 0.311 e. The number of esters is 1. The second-order valence-electron chi connectivity index (χ2n) is 5.94. The standard InChI is InChI=1S/C20H20N2O4/c1-13-5-4-6-14(2)19(13)25-18(23)12-11-17-21-20(22-26-17)15-7-9-16(24-3)10-8-15/h4-10H,11-12H2,1-3H3. The number of carbonyl (C=O) groups excluding carboxylic acids is 1. The summed E-state index contributed by atoms with van der Waals surface area (Å²) in [5.41, 5.74) is 2.68. The first-order valence-electron chi connectivity index (χ1n) is 8.30. The number of rotatable bonds is 6. The minimum Gasteiger partial charge on any atom is -0.497 e. The van der Waals surface area contributed by atoms with Crippen LogP contribution in [0.5, 0.6) is 11.5 Å². The van der Waals surface area contributed by atoms with E-state index in [0.717, 1.165) is 22.4 Å². The molecule has 0 radical (unpaired) electrons. The summed E-state index contributed by atoms with van der Waals surface area (Å²) in [6.45, 7) is 3.82. The zero-order valence-electron chi connectivity index (χ0n) is 15.0. The smallest absolute Gasteiger partial charge is 0.311 e. The normalized spacial score (nSPS) is 10.6. The maximum atomic E-state index is 12.1. The number of carbonyl (C=O) groups is 1. The van der Waals surface area contributed by atoms with Gasteiger partial charge < -0.3 is 14.0 Å². The maximum absolute atomic E-state index is 12.1. The molecule has 134 valence electrons. The number of aryl methyl sites for hydroxylation is 3. The number of hydrogen-bond acceptors (Lipinski definition) is 6. The molecule has 0 atom stereocenters. The molecule has 0 unspecified atom stereocenters. The van der Waals surface area contributed by atoms with Gasteiger partial charge in [0.2, 0.25) is 11.7 Å². The summed E-state index contributed by atoms with van der Waals surface area (Å²) in [6, 6.07) is 13.1. The predicted octanol–water partition coefficient (Wildman–Crippen LogP) is 3.90. The molecule has 6 nitrogen and oxygen atoms in total. The molecule has 26 heavy (non-hydrogen) atoms. The molecule has 0 spiro atoms. The lowest BCUT2D eigenvalue weighted by molar-refractivity contribution is -0.134. The van der Waals surface area contributed by atoms with Crippen LogP contribution in [-0.4, -0.2) is 23.2 Å². The Balaban J connectivity index is 1.60. The lowest BCUT2D eigenvalue weighted by atomic mass is 10.1. The molecular weight excluding hydrogens is 332 g/mol. The van der Waals surface area contributed by atoms with Gasteiger partial charge in [-0.15, -0.1) is 0 Å². The van der Waals surface area contributed by atoms with Gasteiger partial charge in [-0.2, -0.15) is 4.98 Å². The Morgan fingerprint density at radius 1 is 1.08 bits per heavy atom. The van der Waals surface area contributed by atoms with Crippen molar-refractivity contribution in [2.75, 3.05) is 7.11 Å². The van der Waals surface area contributed by atoms with E-state index in [2.05, 4.69) is 10.1 Å². The largest absolute Gasteiger partial charge is 0.497 e. The molecule has 0 aliphatic rings. The lowest BCUT2D eigenvalue weighted by Gasteiger charge is -2.09. The fraction of sp³-hybridized carbons (Fsp3) is 0.250. The lowest BCUT2D eigenvalue weighted by Crippen LogP contribution is -2.10. The van der Waals surface area contributed by atoms with Crippen molar-refractivity contribution >= 4 is 5.97 Å². The topological polar surface area (TPSA) is 74.5 Å². The molecule has 0 aliphatic heterocycles. The molecule has 1 aromatic heterocycles. The van der Waals surface area contributed by atoms with Crippen molar-refractivity contribution in [1.29, 1.82) is 0 Å². The van der Waals surface area contributed by atoms with E-state index in [1.807, 2.05) is 56.3 Å². The molecule has 0 amide bonds. The summed E-state index contributed by atoms with van der Waals surface area (Å²) in [7, 11) is 1.61. The van der Waals surface area contributed by atoms with E-state index in [-0.39, 0.29) is 12.4 Å². The van der Waals surface area contributed by atoms with Crippen LogP contribution in [0.1, 0.15) is 23.4 Å². The van der Waals surface area contributed by atoms with Gasteiger partial charge in [0.15, 0.2) is 0 Å². The summed E-state index contributed by atoms with van der Waals surface area (Å²) >= 11 is 0. The van der Waals surface area contributed by atoms with Crippen LogP contribution in [0.15, 0.2) is 47.0 Å². The minimum atomic E-state index is -0.327. The Morgan fingerprint density at radius 3 is 2.42 bits per heavy atom. The minimum absolute atomic E-state index is 0.165. The quantitative estimate of drug-likeness (QED) is 0.495. The SMILES string of the molecule is COc1ccc(-c2noc(CCC(=O)Oc3c(C)cccc3C)n2)cc1. The van der Waals surface area contributed by atoms with Crippen LogP contribution in [0.3, 0.4) is 0 Å². The molecule has 2 aromatic carbocycles. The molecule has 6 heteroatoms. The molecule has 0 fully saturated rings. The molecule has 3 aromatic rings. The monoisotopic (exact) mass is 352 g/mol. The molecule has 0 aliphatic carbocycles. The van der Waals surface area contributed by atoms with Crippen LogP contribution < -0.4 is 9.47 Å². The van der Waals surface area contributed by atoms with E-state index in [0.29, 0.717) is 23.9 Å². The third-order valence-electron chi connectivity index (χ3n) is 3.98. The number of nitrogens with zero attached hydrogens (tertiary/aromatic N) is 2. The zero-order chi connectivity index (χ0) is 18.5. The van der Waals surface area contributed by atoms with E-state index in [9.17, 15) is 4.79 Å². The van der Waals surface area contributed by atoms with Crippen molar-refractivity contribution in [1.82, 2.24) is 10.1 Å². The summed E-state index contributed by atoms with van der Waals surface area (Å²) in [5.74, 6) is 1.92. The first-order chi connectivity index (χ1) is 12.6. The summed E-state index contributed by atoms with van der Waals surface area (Å²) in [5, 5.41) is 3.95. The van der Waals surface area contributed by atoms with Crippen molar-refractivity contribution in [3.63, 3.8) is 0 Å². The van der Waals surface area contributed by atoms with Crippen LogP contribution >= 0.6 is 0 Å². The number of hydrogen-bond donors (Lipinski definition) is 0. The highest BCUT2D eigenvalue weighted by molar-refractivity contribution is 5.73. The Bertz CT molecular complexity index is 880. The van der Waals surface area contributed by atoms with Gasteiger partial charge in [-0.3, -0.25) is 4.79 Å².